The van der Waals surface area contributed by atoms with Crippen molar-refractivity contribution in [3.63, 3.8) is 0 Å². The summed E-state index contributed by atoms with van der Waals surface area (Å²) < 4.78 is 27.5. The van der Waals surface area contributed by atoms with E-state index in [1.165, 1.54) is 6.20 Å². The highest BCUT2D eigenvalue weighted by Crippen LogP contribution is 2.20. The lowest BCUT2D eigenvalue weighted by molar-refractivity contribution is 0.543. The Labute approximate surface area is 114 Å². The van der Waals surface area contributed by atoms with E-state index in [2.05, 4.69) is 25.6 Å². The Morgan fingerprint density at radius 1 is 1.47 bits per heavy atom. The van der Waals surface area contributed by atoms with Crippen LogP contribution in [0.5, 0.6) is 0 Å². The molecule has 1 unspecified atom stereocenters. The molecule has 4 nitrogen and oxygen atoms in total. The Kier molecular flexibility index (Phi) is 4.46. The molecule has 2 rings (SSSR count). The van der Waals surface area contributed by atoms with Gasteiger partial charge in [-0.2, -0.15) is 11.8 Å². The number of pyridine rings is 1. The predicted octanol–water partition coefficient (Wildman–Crippen LogP) is 2.02. The van der Waals surface area contributed by atoms with E-state index in [0.717, 1.165) is 24.3 Å². The molecule has 1 saturated heterocycles. The normalized spacial score (nSPS) is 21.4. The minimum Gasteiger partial charge on any atom is -0.262 e. The zero-order valence-corrected chi connectivity index (χ0v) is 12.3. The predicted molar refractivity (Wildman–Crippen MR) is 72.6 cm³/mol. The summed E-state index contributed by atoms with van der Waals surface area (Å²) in [6, 6.07) is 1.60. The molecule has 0 aromatic carbocycles. The van der Waals surface area contributed by atoms with Gasteiger partial charge in [0, 0.05) is 28.7 Å². The number of hydrogen-bond acceptors (Lipinski definition) is 4. The highest BCUT2D eigenvalue weighted by Gasteiger charge is 2.22. The van der Waals surface area contributed by atoms with Gasteiger partial charge in [-0.3, -0.25) is 4.98 Å². The smallest absolute Gasteiger partial charge is 0.242 e. The van der Waals surface area contributed by atoms with E-state index in [1.54, 1.807) is 24.0 Å². The fourth-order valence-electron chi connectivity index (χ4n) is 1.66. The number of sulfonamides is 1. The Bertz CT molecular complexity index is 487. The van der Waals surface area contributed by atoms with E-state index in [1.807, 2.05) is 0 Å². The Balaban J connectivity index is 2.13. The first kappa shape index (κ1) is 13.3. The third-order valence-electron chi connectivity index (χ3n) is 2.47. The van der Waals surface area contributed by atoms with Crippen molar-refractivity contribution in [1.29, 1.82) is 0 Å². The summed E-state index contributed by atoms with van der Waals surface area (Å²) in [5.74, 6) is 1.97. The molecule has 2 heterocycles. The quantitative estimate of drug-likeness (QED) is 0.917. The van der Waals surface area contributed by atoms with Crippen molar-refractivity contribution in [2.24, 2.45) is 0 Å². The van der Waals surface area contributed by atoms with Gasteiger partial charge in [0.15, 0.2) is 0 Å². The molecule has 1 N–H and O–H groups in total. The van der Waals surface area contributed by atoms with Gasteiger partial charge in [0.25, 0.3) is 0 Å². The van der Waals surface area contributed by atoms with Gasteiger partial charge in [0.05, 0.1) is 0 Å². The van der Waals surface area contributed by atoms with E-state index >= 15 is 0 Å². The monoisotopic (exact) mass is 336 g/mol. The molecule has 17 heavy (non-hydrogen) atoms. The van der Waals surface area contributed by atoms with Crippen LogP contribution < -0.4 is 4.72 Å². The van der Waals surface area contributed by atoms with Gasteiger partial charge in [-0.05, 0) is 40.6 Å². The van der Waals surface area contributed by atoms with Crippen LogP contribution in [-0.2, 0) is 10.0 Å². The number of nitrogens with one attached hydrogen (secondary N) is 1. The molecule has 0 bridgehead atoms. The summed E-state index contributed by atoms with van der Waals surface area (Å²) >= 11 is 5.01. The van der Waals surface area contributed by atoms with Crippen molar-refractivity contribution in [3.8, 4) is 0 Å². The van der Waals surface area contributed by atoms with Crippen LogP contribution in [0.2, 0.25) is 0 Å². The van der Waals surface area contributed by atoms with Crippen LogP contribution in [-0.4, -0.2) is 30.9 Å². The number of rotatable bonds is 3. The first-order valence-corrected chi connectivity index (χ1v) is 8.72. The molecule has 1 aliphatic rings. The van der Waals surface area contributed by atoms with Gasteiger partial charge in [-0.15, -0.1) is 0 Å². The van der Waals surface area contributed by atoms with Gasteiger partial charge < -0.3 is 0 Å². The molecule has 0 spiro atoms. The molecule has 1 aliphatic heterocycles. The van der Waals surface area contributed by atoms with E-state index in [-0.39, 0.29) is 10.9 Å². The molecule has 1 aromatic rings. The van der Waals surface area contributed by atoms with Crippen molar-refractivity contribution in [2.75, 3.05) is 11.5 Å². The molecular weight excluding hydrogens is 324 g/mol. The summed E-state index contributed by atoms with van der Waals surface area (Å²) in [5, 5.41) is 0. The number of hydrogen-bond donors (Lipinski definition) is 1. The van der Waals surface area contributed by atoms with Crippen molar-refractivity contribution in [1.82, 2.24) is 9.71 Å². The Morgan fingerprint density at radius 2 is 2.29 bits per heavy atom. The largest absolute Gasteiger partial charge is 0.262 e. The third-order valence-corrected chi connectivity index (χ3v) is 5.61. The molecule has 0 radical (unpaired) electrons. The summed E-state index contributed by atoms with van der Waals surface area (Å²) in [6.07, 6.45) is 4.90. The number of halogens is 1. The third kappa shape index (κ3) is 3.67. The highest BCUT2D eigenvalue weighted by atomic mass is 79.9. The maximum atomic E-state index is 12.1. The van der Waals surface area contributed by atoms with Gasteiger partial charge in [-0.25, -0.2) is 13.1 Å². The van der Waals surface area contributed by atoms with Crippen LogP contribution in [0.15, 0.2) is 27.8 Å². The van der Waals surface area contributed by atoms with Crippen LogP contribution in [0.25, 0.3) is 0 Å². The first-order valence-electron chi connectivity index (χ1n) is 5.28. The minimum atomic E-state index is -3.44. The molecule has 1 fully saturated rings. The fraction of sp³-hybridized carbons (Fsp3) is 0.500. The average molecular weight is 337 g/mol. The maximum Gasteiger partial charge on any atom is 0.242 e. The zero-order chi connectivity index (χ0) is 12.3. The summed E-state index contributed by atoms with van der Waals surface area (Å²) in [5.41, 5.74) is 0. The van der Waals surface area contributed by atoms with E-state index in [4.69, 9.17) is 0 Å². The second-order valence-corrected chi connectivity index (χ2v) is 7.65. The summed E-state index contributed by atoms with van der Waals surface area (Å²) in [4.78, 5) is 4.08. The molecule has 0 aliphatic carbocycles. The SMILES string of the molecule is O=S(=O)(NC1CCCSC1)c1cncc(Br)c1. The van der Waals surface area contributed by atoms with E-state index in [9.17, 15) is 8.42 Å². The van der Waals surface area contributed by atoms with Crippen molar-refractivity contribution in [3.05, 3.63) is 22.9 Å². The lowest BCUT2D eigenvalue weighted by Gasteiger charge is -2.22. The number of thioether (sulfide) groups is 1. The van der Waals surface area contributed by atoms with Gasteiger partial charge in [0.1, 0.15) is 4.90 Å². The number of nitrogens with zero attached hydrogens (tertiary/aromatic N) is 1. The summed E-state index contributed by atoms with van der Waals surface area (Å²) in [7, 11) is -3.44. The topological polar surface area (TPSA) is 59.1 Å². The zero-order valence-electron chi connectivity index (χ0n) is 9.10. The first-order chi connectivity index (χ1) is 8.08. The molecule has 94 valence electrons. The minimum absolute atomic E-state index is 0.0396. The lowest BCUT2D eigenvalue weighted by atomic mass is 10.2. The molecule has 1 aromatic heterocycles. The van der Waals surface area contributed by atoms with Crippen molar-refractivity contribution < 1.29 is 8.42 Å². The molecule has 1 atom stereocenters. The second kappa shape index (κ2) is 5.69. The maximum absolute atomic E-state index is 12.1. The lowest BCUT2D eigenvalue weighted by Crippen LogP contribution is -2.38. The molecule has 0 saturated carbocycles. The molecule has 7 heteroatoms. The van der Waals surface area contributed by atoms with Gasteiger partial charge >= 0.3 is 0 Å². The standard InChI is InChI=1S/C10H13BrN2O2S2/c11-8-4-10(6-12-5-8)17(14,15)13-9-2-1-3-16-7-9/h4-6,9,13H,1-3,7H2. The molecular formula is C10H13BrN2O2S2. The second-order valence-electron chi connectivity index (χ2n) is 3.87. The van der Waals surface area contributed by atoms with Crippen LogP contribution in [0.1, 0.15) is 12.8 Å². The highest BCUT2D eigenvalue weighted by molar-refractivity contribution is 9.10. The van der Waals surface area contributed by atoms with Gasteiger partial charge in [0.2, 0.25) is 10.0 Å². The van der Waals surface area contributed by atoms with Crippen molar-refractivity contribution in [2.45, 2.75) is 23.8 Å². The van der Waals surface area contributed by atoms with Crippen LogP contribution in [0.4, 0.5) is 0 Å². The Hall–Kier alpha value is -0.110. The average Bonchev–Trinajstić information content (AvgIpc) is 2.30. The molecule has 0 amide bonds. The van der Waals surface area contributed by atoms with Crippen LogP contribution in [0.3, 0.4) is 0 Å². The fourth-order valence-corrected chi connectivity index (χ4v) is 4.61. The van der Waals surface area contributed by atoms with E-state index < -0.39 is 10.0 Å². The van der Waals surface area contributed by atoms with E-state index in [0.29, 0.717) is 4.47 Å². The van der Waals surface area contributed by atoms with Crippen molar-refractivity contribution >= 4 is 37.7 Å². The van der Waals surface area contributed by atoms with Gasteiger partial charge in [-0.1, -0.05) is 0 Å². The summed E-state index contributed by atoms with van der Waals surface area (Å²) in [6.45, 7) is 0. The van der Waals surface area contributed by atoms with Crippen LogP contribution >= 0.6 is 27.7 Å². The van der Waals surface area contributed by atoms with Crippen LogP contribution in [0, 0.1) is 0 Å². The Morgan fingerprint density at radius 3 is 2.94 bits per heavy atom. The number of aromatic nitrogens is 1.